The molecule has 0 unspecified atom stereocenters. The summed E-state index contributed by atoms with van der Waals surface area (Å²) in [6.07, 6.45) is 1.11. The van der Waals surface area contributed by atoms with E-state index in [0.717, 1.165) is 11.8 Å². The van der Waals surface area contributed by atoms with Crippen LogP contribution >= 0.6 is 0 Å². The maximum absolute atomic E-state index is 11.4. The van der Waals surface area contributed by atoms with E-state index >= 15 is 0 Å². The molecule has 1 aromatic rings. The molecular formula is C10H13NO3S. The quantitative estimate of drug-likeness (QED) is 0.812. The van der Waals surface area contributed by atoms with Crippen LogP contribution in [0.2, 0.25) is 0 Å². The van der Waals surface area contributed by atoms with Gasteiger partial charge in [-0.15, -0.1) is 0 Å². The average Bonchev–Trinajstić information content (AvgIpc) is 2.06. The second-order valence-electron chi connectivity index (χ2n) is 3.55. The van der Waals surface area contributed by atoms with Crippen molar-refractivity contribution in [1.29, 1.82) is 0 Å². The molecule has 0 aromatic heterocycles. The highest BCUT2D eigenvalue weighted by Gasteiger charge is 2.15. The summed E-state index contributed by atoms with van der Waals surface area (Å²) < 4.78 is 22.9. The van der Waals surface area contributed by atoms with Crippen molar-refractivity contribution in [2.75, 3.05) is 6.26 Å². The average molecular weight is 227 g/mol. The van der Waals surface area contributed by atoms with Gasteiger partial charge in [0.2, 0.25) is 5.91 Å². The minimum atomic E-state index is -3.32. The summed E-state index contributed by atoms with van der Waals surface area (Å²) in [5.41, 5.74) is 6.73. The lowest BCUT2D eigenvalue weighted by Crippen LogP contribution is -2.13. The van der Waals surface area contributed by atoms with Gasteiger partial charge in [0.1, 0.15) is 0 Å². The van der Waals surface area contributed by atoms with Crippen molar-refractivity contribution < 1.29 is 13.2 Å². The molecule has 0 atom stereocenters. The summed E-state index contributed by atoms with van der Waals surface area (Å²) in [5, 5.41) is 0. The molecule has 0 fully saturated rings. The van der Waals surface area contributed by atoms with E-state index in [-0.39, 0.29) is 10.5 Å². The van der Waals surface area contributed by atoms with Crippen LogP contribution in [0.15, 0.2) is 17.0 Å². The van der Waals surface area contributed by atoms with Crippen molar-refractivity contribution >= 4 is 15.7 Å². The number of hydrogen-bond acceptors (Lipinski definition) is 3. The molecule has 0 bridgehead atoms. The Balaban J connectivity index is 3.59. The van der Waals surface area contributed by atoms with E-state index in [0.29, 0.717) is 5.56 Å². The summed E-state index contributed by atoms with van der Waals surface area (Å²) in [6, 6.07) is 2.91. The third kappa shape index (κ3) is 2.36. The molecule has 1 rings (SSSR count). The first kappa shape index (κ1) is 11.7. The minimum absolute atomic E-state index is 0.163. The SMILES string of the molecule is Cc1cc(C(N)=O)cc(S(C)(=O)=O)c1C. The molecule has 0 aliphatic carbocycles. The zero-order chi connectivity index (χ0) is 11.8. The van der Waals surface area contributed by atoms with Crippen molar-refractivity contribution in [3.8, 4) is 0 Å². The molecule has 82 valence electrons. The maximum atomic E-state index is 11.4. The van der Waals surface area contributed by atoms with Crippen molar-refractivity contribution in [2.45, 2.75) is 18.7 Å². The molecule has 0 saturated heterocycles. The van der Waals surface area contributed by atoms with Gasteiger partial charge in [-0.05, 0) is 37.1 Å². The van der Waals surface area contributed by atoms with E-state index in [1.165, 1.54) is 6.07 Å². The van der Waals surface area contributed by atoms with Gasteiger partial charge in [0.05, 0.1) is 4.90 Å². The molecule has 0 saturated carbocycles. The van der Waals surface area contributed by atoms with Gasteiger partial charge in [0.25, 0.3) is 0 Å². The first-order valence-corrected chi connectivity index (χ1v) is 6.23. The van der Waals surface area contributed by atoms with Crippen LogP contribution in [0, 0.1) is 13.8 Å². The van der Waals surface area contributed by atoms with E-state index in [2.05, 4.69) is 0 Å². The Morgan fingerprint density at radius 3 is 2.20 bits per heavy atom. The molecule has 15 heavy (non-hydrogen) atoms. The van der Waals surface area contributed by atoms with Gasteiger partial charge in [-0.1, -0.05) is 0 Å². The van der Waals surface area contributed by atoms with Crippen LogP contribution in [0.25, 0.3) is 0 Å². The lowest BCUT2D eigenvalue weighted by atomic mass is 10.1. The molecule has 0 radical (unpaired) electrons. The topological polar surface area (TPSA) is 77.2 Å². The second kappa shape index (κ2) is 3.66. The first-order valence-electron chi connectivity index (χ1n) is 4.34. The third-order valence-corrected chi connectivity index (χ3v) is 3.53. The molecule has 1 aromatic carbocycles. The minimum Gasteiger partial charge on any atom is -0.366 e. The molecule has 0 heterocycles. The fourth-order valence-electron chi connectivity index (χ4n) is 1.35. The van der Waals surface area contributed by atoms with Crippen LogP contribution in [-0.4, -0.2) is 20.6 Å². The summed E-state index contributed by atoms with van der Waals surface area (Å²) in [6.45, 7) is 3.45. The second-order valence-corrected chi connectivity index (χ2v) is 5.54. The zero-order valence-electron chi connectivity index (χ0n) is 8.87. The van der Waals surface area contributed by atoms with Crippen LogP contribution in [0.5, 0.6) is 0 Å². The standard InChI is InChI=1S/C10H13NO3S/c1-6-4-8(10(11)12)5-9(7(6)2)15(3,13)14/h4-5H,1-3H3,(H2,11,12). The van der Waals surface area contributed by atoms with Crippen molar-refractivity contribution in [1.82, 2.24) is 0 Å². The van der Waals surface area contributed by atoms with Crippen LogP contribution in [-0.2, 0) is 9.84 Å². The van der Waals surface area contributed by atoms with E-state index in [4.69, 9.17) is 5.73 Å². The summed E-state index contributed by atoms with van der Waals surface area (Å²) in [5.74, 6) is -0.622. The normalized spacial score (nSPS) is 11.4. The lowest BCUT2D eigenvalue weighted by molar-refractivity contribution is 0.1000. The molecule has 2 N–H and O–H groups in total. The molecule has 4 nitrogen and oxygen atoms in total. The molecule has 0 aliphatic heterocycles. The number of sulfone groups is 1. The fraction of sp³-hybridized carbons (Fsp3) is 0.300. The number of rotatable bonds is 2. The Morgan fingerprint density at radius 2 is 1.80 bits per heavy atom. The highest BCUT2D eigenvalue weighted by molar-refractivity contribution is 7.90. The Hall–Kier alpha value is -1.36. The first-order chi connectivity index (χ1) is 6.73. The predicted molar refractivity (Wildman–Crippen MR) is 57.5 cm³/mol. The van der Waals surface area contributed by atoms with Crippen molar-refractivity contribution in [3.05, 3.63) is 28.8 Å². The smallest absolute Gasteiger partial charge is 0.248 e. The van der Waals surface area contributed by atoms with Crippen LogP contribution in [0.3, 0.4) is 0 Å². The Bertz CT molecular complexity index is 518. The van der Waals surface area contributed by atoms with E-state index in [9.17, 15) is 13.2 Å². The Morgan fingerprint density at radius 1 is 1.27 bits per heavy atom. The number of nitrogens with two attached hydrogens (primary N) is 1. The lowest BCUT2D eigenvalue weighted by Gasteiger charge is -2.08. The highest BCUT2D eigenvalue weighted by Crippen LogP contribution is 2.20. The van der Waals surface area contributed by atoms with Gasteiger partial charge < -0.3 is 5.73 Å². The number of amides is 1. The summed E-state index contributed by atoms with van der Waals surface area (Å²) in [7, 11) is -3.32. The number of aryl methyl sites for hydroxylation is 1. The Labute approximate surface area is 89.0 Å². The van der Waals surface area contributed by atoms with Gasteiger partial charge in [-0.25, -0.2) is 8.42 Å². The van der Waals surface area contributed by atoms with E-state index in [1.54, 1.807) is 19.9 Å². The number of carbonyl (C=O) groups excluding carboxylic acids is 1. The van der Waals surface area contributed by atoms with Gasteiger partial charge in [-0.2, -0.15) is 0 Å². The molecule has 0 spiro atoms. The maximum Gasteiger partial charge on any atom is 0.248 e. The Kier molecular flexibility index (Phi) is 2.86. The number of benzene rings is 1. The monoisotopic (exact) mass is 227 g/mol. The van der Waals surface area contributed by atoms with Gasteiger partial charge in [0, 0.05) is 11.8 Å². The van der Waals surface area contributed by atoms with Crippen molar-refractivity contribution in [2.24, 2.45) is 5.73 Å². The molecule has 1 amide bonds. The molecular weight excluding hydrogens is 214 g/mol. The van der Waals surface area contributed by atoms with Gasteiger partial charge >= 0.3 is 0 Å². The summed E-state index contributed by atoms with van der Waals surface area (Å²) in [4.78, 5) is 11.1. The number of carbonyl (C=O) groups is 1. The largest absolute Gasteiger partial charge is 0.366 e. The molecule has 5 heteroatoms. The van der Waals surface area contributed by atoms with Crippen LogP contribution < -0.4 is 5.73 Å². The third-order valence-electron chi connectivity index (χ3n) is 2.30. The molecule has 0 aliphatic rings. The zero-order valence-corrected chi connectivity index (χ0v) is 9.68. The van der Waals surface area contributed by atoms with Gasteiger partial charge in [0.15, 0.2) is 9.84 Å². The van der Waals surface area contributed by atoms with E-state index < -0.39 is 15.7 Å². The highest BCUT2D eigenvalue weighted by atomic mass is 32.2. The summed E-state index contributed by atoms with van der Waals surface area (Å²) >= 11 is 0. The number of hydrogen-bond donors (Lipinski definition) is 1. The van der Waals surface area contributed by atoms with Crippen LogP contribution in [0.4, 0.5) is 0 Å². The predicted octanol–water partition coefficient (Wildman–Crippen LogP) is 0.806. The van der Waals surface area contributed by atoms with Gasteiger partial charge in [-0.3, -0.25) is 4.79 Å². The van der Waals surface area contributed by atoms with Crippen molar-refractivity contribution in [3.63, 3.8) is 0 Å². The van der Waals surface area contributed by atoms with E-state index in [1.807, 2.05) is 0 Å². The van der Waals surface area contributed by atoms with Crippen LogP contribution in [0.1, 0.15) is 21.5 Å². The fourth-order valence-corrected chi connectivity index (χ4v) is 2.41. The number of primary amides is 1.